The summed E-state index contributed by atoms with van der Waals surface area (Å²) >= 11 is 0. The fraction of sp³-hybridized carbons (Fsp3) is 0.450. The molecule has 0 aliphatic rings. The predicted molar refractivity (Wildman–Crippen MR) is 103 cm³/mol. The van der Waals surface area contributed by atoms with E-state index in [1.165, 1.54) is 13.8 Å². The van der Waals surface area contributed by atoms with Crippen LogP contribution in [-0.2, 0) is 5.41 Å². The number of benzene rings is 1. The maximum absolute atomic E-state index is 14.1. The summed E-state index contributed by atoms with van der Waals surface area (Å²) in [7, 11) is 0. The van der Waals surface area contributed by atoms with E-state index in [1.54, 1.807) is 20.8 Å². The molecule has 0 radical (unpaired) electrons. The van der Waals surface area contributed by atoms with Gasteiger partial charge in [0, 0.05) is 11.5 Å². The van der Waals surface area contributed by atoms with E-state index in [0.717, 1.165) is 24.3 Å². The first-order valence-electron chi connectivity index (χ1n) is 9.17. The van der Waals surface area contributed by atoms with Crippen molar-refractivity contribution >= 4 is 5.91 Å². The second kappa shape index (κ2) is 8.29. The molecule has 1 amide bonds. The molecule has 0 saturated heterocycles. The SMILES string of the molecule is CC(C)(C)c1nc(C(=O)N[C@@H](c2ccc(OC(F)(F)F)c(F)c2)C(C)(C)O)cc(=O)[nH]1. The lowest BCUT2D eigenvalue weighted by molar-refractivity contribution is -0.275. The molecule has 1 aromatic heterocycles. The number of amides is 1. The fourth-order valence-corrected chi connectivity index (χ4v) is 2.71. The fourth-order valence-electron chi connectivity index (χ4n) is 2.71. The van der Waals surface area contributed by atoms with E-state index in [0.29, 0.717) is 0 Å². The summed E-state index contributed by atoms with van der Waals surface area (Å²) in [4.78, 5) is 31.3. The number of aromatic amines is 1. The number of carbonyl (C=O) groups is 1. The molecule has 0 aliphatic heterocycles. The number of aliphatic hydroxyl groups is 1. The van der Waals surface area contributed by atoms with Gasteiger partial charge in [-0.25, -0.2) is 9.37 Å². The molecule has 3 N–H and O–H groups in total. The van der Waals surface area contributed by atoms with Crippen LogP contribution in [0.1, 0.15) is 62.5 Å². The highest BCUT2D eigenvalue weighted by molar-refractivity contribution is 5.92. The quantitative estimate of drug-likeness (QED) is 0.613. The second-order valence-electron chi connectivity index (χ2n) is 8.53. The molecule has 11 heteroatoms. The molecule has 1 heterocycles. The minimum Gasteiger partial charge on any atom is -0.403 e. The number of nitrogens with zero attached hydrogens (tertiary/aromatic N) is 1. The third-order valence-corrected chi connectivity index (χ3v) is 4.18. The third kappa shape index (κ3) is 6.51. The highest BCUT2D eigenvalue weighted by atomic mass is 19.4. The van der Waals surface area contributed by atoms with Crippen molar-refractivity contribution in [3.8, 4) is 5.75 Å². The molecule has 2 rings (SSSR count). The van der Waals surface area contributed by atoms with E-state index >= 15 is 0 Å². The van der Waals surface area contributed by atoms with Gasteiger partial charge >= 0.3 is 6.36 Å². The number of hydrogen-bond acceptors (Lipinski definition) is 5. The van der Waals surface area contributed by atoms with Crippen LogP contribution >= 0.6 is 0 Å². The van der Waals surface area contributed by atoms with Gasteiger partial charge in [-0.15, -0.1) is 13.2 Å². The monoisotopic (exact) mass is 445 g/mol. The molecule has 0 spiro atoms. The van der Waals surface area contributed by atoms with E-state index < -0.39 is 46.5 Å². The van der Waals surface area contributed by atoms with Crippen molar-refractivity contribution in [2.45, 2.75) is 58.0 Å². The molecular formula is C20H23F4N3O4. The number of halogens is 4. The van der Waals surface area contributed by atoms with Crippen molar-refractivity contribution in [2.24, 2.45) is 0 Å². The summed E-state index contributed by atoms with van der Waals surface area (Å²) in [6, 6.07) is 2.27. The van der Waals surface area contributed by atoms with Gasteiger partial charge in [-0.3, -0.25) is 9.59 Å². The van der Waals surface area contributed by atoms with Crippen molar-refractivity contribution in [3.05, 3.63) is 57.5 Å². The first-order chi connectivity index (χ1) is 14.0. The number of nitrogens with one attached hydrogen (secondary N) is 2. The molecular weight excluding hydrogens is 422 g/mol. The van der Waals surface area contributed by atoms with Crippen molar-refractivity contribution in [1.29, 1.82) is 0 Å². The Morgan fingerprint density at radius 1 is 1.16 bits per heavy atom. The van der Waals surface area contributed by atoms with E-state index in [1.807, 2.05) is 0 Å². The summed E-state index contributed by atoms with van der Waals surface area (Å²) in [5.74, 6) is -2.96. The molecule has 7 nitrogen and oxygen atoms in total. The van der Waals surface area contributed by atoms with Crippen molar-refractivity contribution in [1.82, 2.24) is 15.3 Å². The molecule has 170 valence electrons. The summed E-state index contributed by atoms with van der Waals surface area (Å²) in [6.07, 6.45) is -5.08. The van der Waals surface area contributed by atoms with E-state index in [4.69, 9.17) is 0 Å². The van der Waals surface area contributed by atoms with Crippen LogP contribution in [0.2, 0.25) is 0 Å². The minimum absolute atomic E-state index is 0.0197. The molecule has 0 bridgehead atoms. The highest BCUT2D eigenvalue weighted by Gasteiger charge is 2.34. The lowest BCUT2D eigenvalue weighted by atomic mass is 9.91. The van der Waals surface area contributed by atoms with Gasteiger partial charge in [0.05, 0.1) is 11.6 Å². The average Bonchev–Trinajstić information content (AvgIpc) is 2.58. The Morgan fingerprint density at radius 2 is 1.77 bits per heavy atom. The maximum Gasteiger partial charge on any atom is 0.573 e. The lowest BCUT2D eigenvalue weighted by Gasteiger charge is -2.31. The molecule has 1 atom stereocenters. The number of carbonyl (C=O) groups excluding carboxylic acids is 1. The molecule has 0 saturated carbocycles. The lowest BCUT2D eigenvalue weighted by Crippen LogP contribution is -2.43. The van der Waals surface area contributed by atoms with Crippen LogP contribution in [0, 0.1) is 5.82 Å². The van der Waals surface area contributed by atoms with Crippen LogP contribution in [0.5, 0.6) is 5.75 Å². The van der Waals surface area contributed by atoms with Crippen LogP contribution in [0.25, 0.3) is 0 Å². The summed E-state index contributed by atoms with van der Waals surface area (Å²) < 4.78 is 54.8. The number of ether oxygens (including phenoxy) is 1. The number of rotatable bonds is 5. The van der Waals surface area contributed by atoms with E-state index in [9.17, 15) is 32.3 Å². The van der Waals surface area contributed by atoms with E-state index in [-0.39, 0.29) is 17.1 Å². The van der Waals surface area contributed by atoms with E-state index in [2.05, 4.69) is 20.0 Å². The van der Waals surface area contributed by atoms with Gasteiger partial charge in [-0.1, -0.05) is 26.8 Å². The first-order valence-corrected chi connectivity index (χ1v) is 9.17. The van der Waals surface area contributed by atoms with Crippen LogP contribution in [0.3, 0.4) is 0 Å². The van der Waals surface area contributed by atoms with Gasteiger partial charge in [0.2, 0.25) is 0 Å². The normalized spacial score (nSPS) is 13.6. The first kappa shape index (κ1) is 24.3. The highest BCUT2D eigenvalue weighted by Crippen LogP contribution is 2.31. The van der Waals surface area contributed by atoms with Crippen molar-refractivity contribution < 1.29 is 32.2 Å². The van der Waals surface area contributed by atoms with Crippen molar-refractivity contribution in [3.63, 3.8) is 0 Å². The van der Waals surface area contributed by atoms with Gasteiger partial charge in [-0.05, 0) is 31.5 Å². The second-order valence-corrected chi connectivity index (χ2v) is 8.53. The Kier molecular flexibility index (Phi) is 6.51. The smallest absolute Gasteiger partial charge is 0.403 e. The number of hydrogen-bond donors (Lipinski definition) is 3. The minimum atomic E-state index is -5.08. The number of H-pyrrole nitrogens is 1. The van der Waals surface area contributed by atoms with Gasteiger partial charge < -0.3 is 20.1 Å². The molecule has 0 fully saturated rings. The molecule has 0 unspecified atom stereocenters. The topological polar surface area (TPSA) is 104 Å². The maximum atomic E-state index is 14.1. The number of alkyl halides is 3. The van der Waals surface area contributed by atoms with Crippen LogP contribution in [-0.4, -0.2) is 32.9 Å². The zero-order valence-electron chi connectivity index (χ0n) is 17.5. The van der Waals surface area contributed by atoms with Gasteiger partial charge in [0.15, 0.2) is 11.6 Å². The summed E-state index contributed by atoms with van der Waals surface area (Å²) in [5.41, 5.74) is -3.04. The average molecular weight is 445 g/mol. The molecule has 1 aromatic carbocycles. The zero-order valence-corrected chi connectivity index (χ0v) is 17.5. The van der Waals surface area contributed by atoms with Crippen molar-refractivity contribution in [2.75, 3.05) is 0 Å². The Hall–Kier alpha value is -2.95. The molecule has 0 aliphatic carbocycles. The van der Waals surface area contributed by atoms with Crippen LogP contribution in [0.15, 0.2) is 29.1 Å². The predicted octanol–water partition coefficient (Wildman–Crippen LogP) is 3.35. The Labute approximate surface area is 175 Å². The van der Waals surface area contributed by atoms with Gasteiger partial charge in [0.1, 0.15) is 11.5 Å². The standard InChI is InChI=1S/C20H23F4N3O4/c1-18(2,3)17-25-12(9-14(28)26-17)16(29)27-15(19(4,5)30)10-6-7-13(11(21)8-10)31-20(22,23)24/h6-9,15,30H,1-5H3,(H,27,29)(H,25,26,28)/t15-/m0/s1. The summed E-state index contributed by atoms with van der Waals surface area (Å²) in [6.45, 7) is 7.98. The Bertz CT molecular complexity index is 1020. The number of aromatic nitrogens is 2. The zero-order chi connectivity index (χ0) is 23.8. The largest absolute Gasteiger partial charge is 0.573 e. The Morgan fingerprint density at radius 3 is 2.26 bits per heavy atom. The van der Waals surface area contributed by atoms with Gasteiger partial charge in [-0.2, -0.15) is 0 Å². The van der Waals surface area contributed by atoms with Crippen LogP contribution < -0.4 is 15.6 Å². The van der Waals surface area contributed by atoms with Gasteiger partial charge in [0.25, 0.3) is 11.5 Å². The summed E-state index contributed by atoms with van der Waals surface area (Å²) in [5, 5.41) is 12.9. The molecule has 2 aromatic rings. The third-order valence-electron chi connectivity index (χ3n) is 4.18. The van der Waals surface area contributed by atoms with Crippen LogP contribution in [0.4, 0.5) is 17.6 Å². The Balaban J connectivity index is 2.40. The molecule has 31 heavy (non-hydrogen) atoms.